The summed E-state index contributed by atoms with van der Waals surface area (Å²) in [4.78, 5) is 4.11. The van der Waals surface area contributed by atoms with Crippen LogP contribution in [0.2, 0.25) is 0 Å². The fourth-order valence-corrected chi connectivity index (χ4v) is 2.09. The maximum absolute atomic E-state index is 8.49. The van der Waals surface area contributed by atoms with Crippen LogP contribution in [-0.4, -0.2) is 21.0 Å². The van der Waals surface area contributed by atoms with Gasteiger partial charge >= 0.3 is 0 Å². The molecular formula is C14H17N3O. The van der Waals surface area contributed by atoms with Crippen LogP contribution in [0, 0.1) is 0 Å². The lowest BCUT2D eigenvalue weighted by Gasteiger charge is -2.18. The third-order valence-electron chi connectivity index (χ3n) is 2.97. The molecule has 4 nitrogen and oxygen atoms in total. The second-order valence-corrected chi connectivity index (χ2v) is 4.23. The van der Waals surface area contributed by atoms with Crippen molar-refractivity contribution >= 4 is 6.21 Å². The number of nitrogens with zero attached hydrogens (tertiary/aromatic N) is 3. The summed E-state index contributed by atoms with van der Waals surface area (Å²) in [5, 5.41) is 11.5. The Morgan fingerprint density at radius 2 is 2.17 bits per heavy atom. The van der Waals surface area contributed by atoms with Crippen LogP contribution in [0.25, 0.3) is 0 Å². The van der Waals surface area contributed by atoms with Crippen LogP contribution in [0.1, 0.15) is 36.9 Å². The van der Waals surface area contributed by atoms with Gasteiger partial charge in [0.2, 0.25) is 0 Å². The molecule has 4 heteroatoms. The van der Waals surface area contributed by atoms with Gasteiger partial charge in [-0.05, 0) is 17.5 Å². The Morgan fingerprint density at radius 3 is 2.72 bits per heavy atom. The van der Waals surface area contributed by atoms with Gasteiger partial charge in [0.25, 0.3) is 0 Å². The summed E-state index contributed by atoms with van der Waals surface area (Å²) in [6.07, 6.45) is 9.25. The first kappa shape index (κ1) is 12.4. The third-order valence-corrected chi connectivity index (χ3v) is 2.97. The molecule has 1 N–H and O–H groups in total. The van der Waals surface area contributed by atoms with E-state index >= 15 is 0 Å². The van der Waals surface area contributed by atoms with Gasteiger partial charge in [0, 0.05) is 12.4 Å². The van der Waals surface area contributed by atoms with Crippen LogP contribution in [0.5, 0.6) is 0 Å². The van der Waals surface area contributed by atoms with Crippen molar-refractivity contribution in [2.45, 2.75) is 25.8 Å². The highest BCUT2D eigenvalue weighted by atomic mass is 16.4. The Bertz CT molecular complexity index is 488. The van der Waals surface area contributed by atoms with Crippen molar-refractivity contribution in [3.8, 4) is 0 Å². The molecule has 2 aromatic rings. The molecule has 0 saturated heterocycles. The van der Waals surface area contributed by atoms with Gasteiger partial charge < -0.3 is 9.77 Å². The van der Waals surface area contributed by atoms with Gasteiger partial charge in [-0.3, -0.25) is 0 Å². The lowest BCUT2D eigenvalue weighted by molar-refractivity contribution is 0.322. The molecule has 1 unspecified atom stereocenters. The minimum absolute atomic E-state index is 0.317. The van der Waals surface area contributed by atoms with Gasteiger partial charge in [-0.15, -0.1) is 0 Å². The molecule has 18 heavy (non-hydrogen) atoms. The number of rotatable bonds is 5. The summed E-state index contributed by atoms with van der Waals surface area (Å²) < 4.78 is 2.12. The first-order valence-corrected chi connectivity index (χ1v) is 6.10. The first-order chi connectivity index (χ1) is 8.85. The van der Waals surface area contributed by atoms with E-state index in [-0.39, 0.29) is 0 Å². The van der Waals surface area contributed by atoms with Gasteiger partial charge in [0.15, 0.2) is 0 Å². The molecule has 1 aromatic carbocycles. The van der Waals surface area contributed by atoms with E-state index in [0.29, 0.717) is 6.04 Å². The number of oxime groups is 1. The van der Waals surface area contributed by atoms with E-state index < -0.39 is 0 Å². The molecule has 0 aliphatic heterocycles. The van der Waals surface area contributed by atoms with Gasteiger partial charge in [0.1, 0.15) is 0 Å². The highest BCUT2D eigenvalue weighted by Crippen LogP contribution is 2.23. The van der Waals surface area contributed by atoms with E-state index in [9.17, 15) is 0 Å². The monoisotopic (exact) mass is 243 g/mol. The van der Waals surface area contributed by atoms with Gasteiger partial charge in [-0.2, -0.15) is 0 Å². The zero-order valence-corrected chi connectivity index (χ0v) is 10.4. The SMILES string of the molecule is CCCC(c1ccc(/C=N\O)cc1)n1ccnc1. The first-order valence-electron chi connectivity index (χ1n) is 6.10. The van der Waals surface area contributed by atoms with E-state index in [1.807, 2.05) is 24.7 Å². The van der Waals surface area contributed by atoms with Crippen LogP contribution in [-0.2, 0) is 0 Å². The van der Waals surface area contributed by atoms with E-state index in [4.69, 9.17) is 5.21 Å². The zero-order valence-electron chi connectivity index (χ0n) is 10.4. The van der Waals surface area contributed by atoms with Gasteiger partial charge in [-0.1, -0.05) is 42.8 Å². The fraction of sp³-hybridized carbons (Fsp3) is 0.286. The topological polar surface area (TPSA) is 50.4 Å². The number of benzene rings is 1. The summed E-state index contributed by atoms with van der Waals surface area (Å²) in [5.74, 6) is 0. The fourth-order valence-electron chi connectivity index (χ4n) is 2.09. The van der Waals surface area contributed by atoms with Crippen molar-refractivity contribution in [2.75, 3.05) is 0 Å². The number of aromatic nitrogens is 2. The molecule has 0 amide bonds. The molecule has 1 atom stereocenters. The van der Waals surface area contributed by atoms with Crippen molar-refractivity contribution < 1.29 is 5.21 Å². The molecule has 0 bridgehead atoms. The van der Waals surface area contributed by atoms with Gasteiger partial charge in [-0.25, -0.2) is 4.98 Å². The van der Waals surface area contributed by atoms with Crippen LogP contribution < -0.4 is 0 Å². The van der Waals surface area contributed by atoms with E-state index in [0.717, 1.165) is 18.4 Å². The lowest BCUT2D eigenvalue weighted by Crippen LogP contribution is -2.08. The Kier molecular flexibility index (Phi) is 4.12. The highest BCUT2D eigenvalue weighted by molar-refractivity contribution is 5.78. The Labute approximate surface area is 107 Å². The maximum atomic E-state index is 8.49. The van der Waals surface area contributed by atoms with Crippen molar-refractivity contribution in [3.05, 3.63) is 54.1 Å². The summed E-state index contributed by atoms with van der Waals surface area (Å²) in [5.41, 5.74) is 2.13. The molecule has 1 heterocycles. The van der Waals surface area contributed by atoms with E-state index in [2.05, 4.69) is 33.8 Å². The molecule has 0 saturated carbocycles. The molecule has 0 fully saturated rings. The Morgan fingerprint density at radius 1 is 1.39 bits per heavy atom. The summed E-state index contributed by atoms with van der Waals surface area (Å²) >= 11 is 0. The smallest absolute Gasteiger partial charge is 0.0951 e. The van der Waals surface area contributed by atoms with E-state index in [1.165, 1.54) is 11.8 Å². The molecular weight excluding hydrogens is 226 g/mol. The van der Waals surface area contributed by atoms with Gasteiger partial charge in [0.05, 0.1) is 18.6 Å². The molecule has 0 aliphatic rings. The molecule has 2 rings (SSSR count). The minimum Gasteiger partial charge on any atom is -0.411 e. The second-order valence-electron chi connectivity index (χ2n) is 4.23. The van der Waals surface area contributed by atoms with Crippen LogP contribution >= 0.6 is 0 Å². The van der Waals surface area contributed by atoms with Crippen molar-refractivity contribution in [1.82, 2.24) is 9.55 Å². The quantitative estimate of drug-likeness (QED) is 0.498. The van der Waals surface area contributed by atoms with Crippen LogP contribution in [0.3, 0.4) is 0 Å². The Hall–Kier alpha value is -2.10. The lowest BCUT2D eigenvalue weighted by atomic mass is 10.0. The Balaban J connectivity index is 2.25. The largest absolute Gasteiger partial charge is 0.411 e. The molecule has 0 spiro atoms. The minimum atomic E-state index is 0.317. The van der Waals surface area contributed by atoms with Crippen molar-refractivity contribution in [2.24, 2.45) is 5.16 Å². The third kappa shape index (κ3) is 2.77. The second kappa shape index (κ2) is 6.00. The standard InChI is InChI=1S/C14H17N3O/c1-2-3-14(17-9-8-15-11-17)13-6-4-12(5-7-13)10-16-18/h4-11,14,18H,2-3H2,1H3/b16-10-. The van der Waals surface area contributed by atoms with Crippen molar-refractivity contribution in [3.63, 3.8) is 0 Å². The van der Waals surface area contributed by atoms with Crippen LogP contribution in [0.15, 0.2) is 48.1 Å². The zero-order chi connectivity index (χ0) is 12.8. The average molecular weight is 243 g/mol. The number of hydrogen-bond donors (Lipinski definition) is 1. The maximum Gasteiger partial charge on any atom is 0.0951 e. The highest BCUT2D eigenvalue weighted by Gasteiger charge is 2.11. The summed E-state index contributed by atoms with van der Waals surface area (Å²) in [6, 6.07) is 8.36. The number of imidazole rings is 1. The normalized spacial score (nSPS) is 12.9. The summed E-state index contributed by atoms with van der Waals surface area (Å²) in [7, 11) is 0. The molecule has 94 valence electrons. The number of hydrogen-bond acceptors (Lipinski definition) is 3. The van der Waals surface area contributed by atoms with Crippen molar-refractivity contribution in [1.29, 1.82) is 0 Å². The molecule has 0 radical (unpaired) electrons. The summed E-state index contributed by atoms with van der Waals surface area (Å²) in [6.45, 7) is 2.18. The molecule has 1 aromatic heterocycles. The van der Waals surface area contributed by atoms with E-state index in [1.54, 1.807) is 6.20 Å². The van der Waals surface area contributed by atoms with Crippen LogP contribution in [0.4, 0.5) is 0 Å². The predicted molar refractivity (Wildman–Crippen MR) is 71.1 cm³/mol. The average Bonchev–Trinajstić information content (AvgIpc) is 2.91. The molecule has 0 aliphatic carbocycles. The predicted octanol–water partition coefficient (Wildman–Crippen LogP) is 3.08.